The van der Waals surface area contributed by atoms with Crippen LogP contribution in [0, 0.1) is 0 Å². The van der Waals surface area contributed by atoms with Crippen LogP contribution in [0.2, 0.25) is 0 Å². The number of fused-ring (bicyclic) bond motifs is 3. The molecule has 2 aromatic rings. The molecule has 130 valence electrons. The van der Waals surface area contributed by atoms with Crippen LogP contribution in [0.1, 0.15) is 30.6 Å². The SMILES string of the molecule is O=C(CCOCC(F)(F)F)Oc1ccc2oc3c(c2c1)CCCC3. The van der Waals surface area contributed by atoms with Crippen LogP contribution in [0.5, 0.6) is 5.75 Å². The minimum atomic E-state index is -4.39. The van der Waals surface area contributed by atoms with E-state index in [2.05, 4.69) is 4.74 Å². The summed E-state index contributed by atoms with van der Waals surface area (Å²) in [7, 11) is 0. The van der Waals surface area contributed by atoms with Crippen molar-refractivity contribution in [2.45, 2.75) is 38.3 Å². The third-order valence-electron chi connectivity index (χ3n) is 3.87. The molecule has 0 bridgehead atoms. The second kappa shape index (κ2) is 6.84. The van der Waals surface area contributed by atoms with Gasteiger partial charge < -0.3 is 13.9 Å². The van der Waals surface area contributed by atoms with Crippen LogP contribution < -0.4 is 4.74 Å². The van der Waals surface area contributed by atoms with E-state index in [0.717, 1.165) is 48.0 Å². The van der Waals surface area contributed by atoms with Crippen molar-refractivity contribution in [3.05, 3.63) is 29.5 Å². The zero-order valence-corrected chi connectivity index (χ0v) is 12.9. The number of carbonyl (C=O) groups is 1. The lowest BCUT2D eigenvalue weighted by atomic mass is 9.96. The maximum Gasteiger partial charge on any atom is 0.411 e. The van der Waals surface area contributed by atoms with E-state index in [4.69, 9.17) is 9.15 Å². The van der Waals surface area contributed by atoms with E-state index in [0.29, 0.717) is 5.75 Å². The van der Waals surface area contributed by atoms with Crippen molar-refractivity contribution in [3.63, 3.8) is 0 Å². The summed E-state index contributed by atoms with van der Waals surface area (Å²) in [5, 5.41) is 0.934. The van der Waals surface area contributed by atoms with Crippen molar-refractivity contribution in [1.82, 2.24) is 0 Å². The lowest BCUT2D eigenvalue weighted by molar-refractivity contribution is -0.175. The maximum absolute atomic E-state index is 11.9. The first kappa shape index (κ1) is 16.8. The van der Waals surface area contributed by atoms with E-state index in [1.54, 1.807) is 18.2 Å². The van der Waals surface area contributed by atoms with Gasteiger partial charge in [0.15, 0.2) is 0 Å². The third kappa shape index (κ3) is 4.08. The fourth-order valence-electron chi connectivity index (χ4n) is 2.83. The molecule has 0 spiro atoms. The van der Waals surface area contributed by atoms with Crippen molar-refractivity contribution >= 4 is 16.9 Å². The number of esters is 1. The van der Waals surface area contributed by atoms with Gasteiger partial charge >= 0.3 is 12.1 Å². The molecule has 0 fully saturated rings. The second-order valence-corrected chi connectivity index (χ2v) is 5.76. The highest BCUT2D eigenvalue weighted by Crippen LogP contribution is 2.34. The zero-order chi connectivity index (χ0) is 17.2. The van der Waals surface area contributed by atoms with Crippen LogP contribution in [0.25, 0.3) is 11.0 Å². The minimum absolute atomic E-state index is 0.238. The zero-order valence-electron chi connectivity index (χ0n) is 12.9. The molecule has 1 aromatic carbocycles. The van der Waals surface area contributed by atoms with Crippen LogP contribution in [0.4, 0.5) is 13.2 Å². The van der Waals surface area contributed by atoms with Crippen LogP contribution in [-0.2, 0) is 22.4 Å². The number of hydrogen-bond acceptors (Lipinski definition) is 4. The Kier molecular flexibility index (Phi) is 4.80. The molecule has 0 saturated heterocycles. The molecule has 1 heterocycles. The van der Waals surface area contributed by atoms with E-state index in [9.17, 15) is 18.0 Å². The minimum Gasteiger partial charge on any atom is -0.461 e. The molecule has 3 rings (SSSR count). The highest BCUT2D eigenvalue weighted by molar-refractivity contribution is 5.85. The number of rotatable bonds is 5. The summed E-state index contributed by atoms with van der Waals surface area (Å²) in [6, 6.07) is 5.11. The molecule has 1 aliphatic carbocycles. The van der Waals surface area contributed by atoms with E-state index < -0.39 is 18.8 Å². The molecular formula is C17H17F3O4. The van der Waals surface area contributed by atoms with Gasteiger partial charge in [-0.25, -0.2) is 0 Å². The number of carbonyl (C=O) groups excluding carboxylic acids is 1. The normalized spacial score (nSPS) is 14.6. The second-order valence-electron chi connectivity index (χ2n) is 5.76. The van der Waals surface area contributed by atoms with Gasteiger partial charge in [0.2, 0.25) is 0 Å². The molecule has 0 radical (unpaired) electrons. The Morgan fingerprint density at radius 3 is 2.79 bits per heavy atom. The van der Waals surface area contributed by atoms with Crippen molar-refractivity contribution in [2.24, 2.45) is 0 Å². The Morgan fingerprint density at radius 2 is 2.00 bits per heavy atom. The molecule has 0 saturated carbocycles. The topological polar surface area (TPSA) is 48.7 Å². The van der Waals surface area contributed by atoms with Crippen LogP contribution in [-0.4, -0.2) is 25.4 Å². The summed E-state index contributed by atoms with van der Waals surface area (Å²) in [4.78, 5) is 11.7. The summed E-state index contributed by atoms with van der Waals surface area (Å²) in [5.41, 5.74) is 1.91. The van der Waals surface area contributed by atoms with Gasteiger partial charge in [0.1, 0.15) is 23.7 Å². The van der Waals surface area contributed by atoms with Gasteiger partial charge in [-0.15, -0.1) is 0 Å². The molecular weight excluding hydrogens is 325 g/mol. The fourth-order valence-corrected chi connectivity index (χ4v) is 2.83. The number of furan rings is 1. The number of hydrogen-bond donors (Lipinski definition) is 0. The molecule has 0 atom stereocenters. The number of alkyl halides is 3. The summed E-state index contributed by atoms with van der Waals surface area (Å²) >= 11 is 0. The lowest BCUT2D eigenvalue weighted by Gasteiger charge is -2.09. The first-order valence-corrected chi connectivity index (χ1v) is 7.82. The Labute approximate surface area is 136 Å². The molecule has 0 aliphatic heterocycles. The average molecular weight is 342 g/mol. The third-order valence-corrected chi connectivity index (χ3v) is 3.87. The lowest BCUT2D eigenvalue weighted by Crippen LogP contribution is -2.19. The smallest absolute Gasteiger partial charge is 0.411 e. The van der Waals surface area contributed by atoms with Gasteiger partial charge in [-0.3, -0.25) is 4.79 Å². The number of halogens is 3. The largest absolute Gasteiger partial charge is 0.461 e. The van der Waals surface area contributed by atoms with Gasteiger partial charge in [-0.1, -0.05) is 0 Å². The summed E-state index contributed by atoms with van der Waals surface area (Å²) in [6.45, 7) is -1.70. The highest BCUT2D eigenvalue weighted by Gasteiger charge is 2.27. The molecule has 1 aliphatic rings. The maximum atomic E-state index is 11.9. The highest BCUT2D eigenvalue weighted by atomic mass is 19.4. The first-order valence-electron chi connectivity index (χ1n) is 7.82. The van der Waals surface area contributed by atoms with E-state index in [-0.39, 0.29) is 13.0 Å². The monoisotopic (exact) mass is 342 g/mol. The van der Waals surface area contributed by atoms with Crippen molar-refractivity contribution in [3.8, 4) is 5.75 Å². The van der Waals surface area contributed by atoms with Gasteiger partial charge in [0, 0.05) is 17.4 Å². The fraction of sp³-hybridized carbons (Fsp3) is 0.471. The predicted molar refractivity (Wildman–Crippen MR) is 80.0 cm³/mol. The van der Waals surface area contributed by atoms with Crippen molar-refractivity contribution in [1.29, 1.82) is 0 Å². The average Bonchev–Trinajstić information content (AvgIpc) is 2.89. The molecule has 0 amide bonds. The predicted octanol–water partition coefficient (Wildman–Crippen LogP) is 4.19. The van der Waals surface area contributed by atoms with Gasteiger partial charge in [-0.05, 0) is 37.5 Å². The van der Waals surface area contributed by atoms with Crippen LogP contribution in [0.15, 0.2) is 22.6 Å². The molecule has 0 unspecified atom stereocenters. The molecule has 4 nitrogen and oxygen atoms in total. The Balaban J connectivity index is 1.60. The number of benzene rings is 1. The van der Waals surface area contributed by atoms with E-state index in [1.165, 1.54) is 0 Å². The van der Waals surface area contributed by atoms with E-state index >= 15 is 0 Å². The number of aryl methyl sites for hydroxylation is 2. The summed E-state index contributed by atoms with van der Waals surface area (Å²) in [5.74, 6) is 0.714. The van der Waals surface area contributed by atoms with Crippen LogP contribution in [0.3, 0.4) is 0 Å². The first-order chi connectivity index (χ1) is 11.4. The van der Waals surface area contributed by atoms with Crippen molar-refractivity contribution in [2.75, 3.05) is 13.2 Å². The van der Waals surface area contributed by atoms with Gasteiger partial charge in [0.25, 0.3) is 0 Å². The molecule has 1 aromatic heterocycles. The molecule has 7 heteroatoms. The molecule has 0 N–H and O–H groups in total. The van der Waals surface area contributed by atoms with Gasteiger partial charge in [0.05, 0.1) is 13.0 Å². The Morgan fingerprint density at radius 1 is 1.21 bits per heavy atom. The number of ether oxygens (including phenoxy) is 2. The summed E-state index contributed by atoms with van der Waals surface area (Å²) in [6.07, 6.45) is -0.581. The molecule has 24 heavy (non-hydrogen) atoms. The van der Waals surface area contributed by atoms with Crippen LogP contribution >= 0.6 is 0 Å². The Hall–Kier alpha value is -2.02. The van der Waals surface area contributed by atoms with E-state index in [1.807, 2.05) is 0 Å². The summed E-state index contributed by atoms with van der Waals surface area (Å²) < 4.78 is 51.2. The standard InChI is InChI=1S/C17H17F3O4/c18-17(19,20)10-22-8-7-16(21)23-11-5-6-15-13(9-11)12-3-1-2-4-14(12)24-15/h5-6,9H,1-4,7-8,10H2. The van der Waals surface area contributed by atoms with Gasteiger partial charge in [-0.2, -0.15) is 13.2 Å². The quantitative estimate of drug-likeness (QED) is 0.464. The van der Waals surface area contributed by atoms with Crippen molar-refractivity contribution < 1.29 is 31.9 Å². The Bertz CT molecular complexity index is 733.